The zero-order chi connectivity index (χ0) is 18.5. The van der Waals surface area contributed by atoms with E-state index in [0.717, 1.165) is 0 Å². The SMILES string of the molecule is CC(C)(C)OC(=O)CCc1cccc(F)c1C=N[S@](=O)C(C)(C)C. The summed E-state index contributed by atoms with van der Waals surface area (Å²) in [5, 5.41) is 0. The van der Waals surface area contributed by atoms with Crippen molar-refractivity contribution in [1.82, 2.24) is 0 Å². The Morgan fingerprint density at radius 1 is 1.25 bits per heavy atom. The van der Waals surface area contributed by atoms with Gasteiger partial charge < -0.3 is 4.74 Å². The van der Waals surface area contributed by atoms with E-state index in [-0.39, 0.29) is 18.0 Å². The van der Waals surface area contributed by atoms with Crippen LogP contribution in [0.2, 0.25) is 0 Å². The summed E-state index contributed by atoms with van der Waals surface area (Å²) in [6.07, 6.45) is 1.77. The van der Waals surface area contributed by atoms with Gasteiger partial charge in [0.2, 0.25) is 0 Å². The molecule has 0 aliphatic carbocycles. The Morgan fingerprint density at radius 3 is 2.42 bits per heavy atom. The maximum atomic E-state index is 14.1. The maximum Gasteiger partial charge on any atom is 0.306 e. The first kappa shape index (κ1) is 20.5. The molecule has 0 aromatic heterocycles. The lowest BCUT2D eigenvalue weighted by molar-refractivity contribution is -0.154. The molecule has 1 atom stereocenters. The van der Waals surface area contributed by atoms with Crippen molar-refractivity contribution in [2.24, 2.45) is 4.40 Å². The highest BCUT2D eigenvalue weighted by Crippen LogP contribution is 2.17. The summed E-state index contributed by atoms with van der Waals surface area (Å²) >= 11 is 0. The van der Waals surface area contributed by atoms with E-state index in [1.807, 2.05) is 0 Å². The van der Waals surface area contributed by atoms with Crippen molar-refractivity contribution >= 4 is 23.2 Å². The van der Waals surface area contributed by atoms with Crippen molar-refractivity contribution in [1.29, 1.82) is 0 Å². The second-order valence-electron chi connectivity index (χ2n) is 7.50. The molecule has 0 saturated carbocycles. The quantitative estimate of drug-likeness (QED) is 0.593. The average molecular weight is 355 g/mol. The summed E-state index contributed by atoms with van der Waals surface area (Å²) in [7, 11) is -1.47. The van der Waals surface area contributed by atoms with Crippen LogP contribution in [0, 0.1) is 5.82 Å². The Bertz CT molecular complexity index is 643. The third-order valence-electron chi connectivity index (χ3n) is 2.96. The molecule has 6 heteroatoms. The van der Waals surface area contributed by atoms with Gasteiger partial charge >= 0.3 is 5.97 Å². The van der Waals surface area contributed by atoms with Gasteiger partial charge in [0.15, 0.2) is 0 Å². The fraction of sp³-hybridized carbons (Fsp3) is 0.556. The summed E-state index contributed by atoms with van der Waals surface area (Å²) in [6, 6.07) is 4.63. The molecule has 0 unspecified atom stereocenters. The van der Waals surface area contributed by atoms with Crippen LogP contribution in [-0.4, -0.2) is 26.7 Å². The van der Waals surface area contributed by atoms with E-state index in [9.17, 15) is 13.4 Å². The molecular weight excluding hydrogens is 329 g/mol. The molecule has 0 heterocycles. The maximum absolute atomic E-state index is 14.1. The predicted octanol–water partition coefficient (Wildman–Crippen LogP) is 3.98. The van der Waals surface area contributed by atoms with Gasteiger partial charge in [-0.25, -0.2) is 8.60 Å². The Hall–Kier alpha value is -1.56. The standard InChI is InChI=1S/C18H26FNO3S/c1-17(2,3)23-16(21)11-10-13-8-7-9-15(19)14(13)12-20-24(22)18(4,5)6/h7-9,12H,10-11H2,1-6H3/t24-/m1/s1. The number of ether oxygens (including phenoxy) is 1. The molecule has 0 amide bonds. The van der Waals surface area contributed by atoms with Crippen LogP contribution in [0.3, 0.4) is 0 Å². The van der Waals surface area contributed by atoms with Crippen LogP contribution in [0.4, 0.5) is 4.39 Å². The molecule has 0 N–H and O–H groups in total. The number of esters is 1. The molecule has 0 radical (unpaired) electrons. The second kappa shape index (κ2) is 8.01. The summed E-state index contributed by atoms with van der Waals surface area (Å²) in [5.74, 6) is -0.792. The van der Waals surface area contributed by atoms with Crippen LogP contribution in [0.5, 0.6) is 0 Å². The number of carbonyl (C=O) groups excluding carboxylic acids is 1. The molecule has 134 valence electrons. The molecule has 4 nitrogen and oxygen atoms in total. The highest BCUT2D eigenvalue weighted by molar-refractivity contribution is 7.85. The lowest BCUT2D eigenvalue weighted by Crippen LogP contribution is -2.24. The van der Waals surface area contributed by atoms with E-state index in [0.29, 0.717) is 12.0 Å². The van der Waals surface area contributed by atoms with Gasteiger partial charge in [0, 0.05) is 18.2 Å². The van der Waals surface area contributed by atoms with Gasteiger partial charge in [0.25, 0.3) is 0 Å². The molecule has 0 spiro atoms. The van der Waals surface area contributed by atoms with E-state index < -0.39 is 27.2 Å². The number of carbonyl (C=O) groups is 1. The Kier molecular flexibility index (Phi) is 6.84. The topological polar surface area (TPSA) is 55.7 Å². The van der Waals surface area contributed by atoms with Gasteiger partial charge in [-0.2, -0.15) is 4.40 Å². The van der Waals surface area contributed by atoms with Crippen molar-refractivity contribution in [2.75, 3.05) is 0 Å². The Balaban J connectivity index is 2.90. The zero-order valence-electron chi connectivity index (χ0n) is 15.2. The van der Waals surface area contributed by atoms with E-state index in [4.69, 9.17) is 4.74 Å². The third-order valence-corrected chi connectivity index (χ3v) is 4.31. The average Bonchev–Trinajstić information content (AvgIpc) is 2.40. The van der Waals surface area contributed by atoms with Gasteiger partial charge in [0.1, 0.15) is 22.4 Å². The Morgan fingerprint density at radius 2 is 1.88 bits per heavy atom. The van der Waals surface area contributed by atoms with E-state index in [2.05, 4.69) is 4.40 Å². The first-order chi connectivity index (χ1) is 10.9. The number of aryl methyl sites for hydroxylation is 1. The minimum absolute atomic E-state index is 0.143. The number of halogens is 1. The summed E-state index contributed by atoms with van der Waals surface area (Å²) in [6.45, 7) is 10.8. The van der Waals surface area contributed by atoms with Crippen LogP contribution in [0.15, 0.2) is 22.6 Å². The minimum atomic E-state index is -1.47. The molecule has 0 aliphatic heterocycles. The summed E-state index contributed by atoms with van der Waals surface area (Å²) < 4.78 is 34.8. The molecule has 0 bridgehead atoms. The van der Waals surface area contributed by atoms with Gasteiger partial charge in [0.05, 0.1) is 4.75 Å². The van der Waals surface area contributed by atoms with Crippen molar-refractivity contribution in [3.8, 4) is 0 Å². The van der Waals surface area contributed by atoms with Gasteiger partial charge in [-0.15, -0.1) is 0 Å². The highest BCUT2D eigenvalue weighted by Gasteiger charge is 2.19. The largest absolute Gasteiger partial charge is 0.460 e. The lowest BCUT2D eigenvalue weighted by Gasteiger charge is -2.19. The van der Waals surface area contributed by atoms with E-state index in [1.165, 1.54) is 12.3 Å². The first-order valence-corrected chi connectivity index (χ1v) is 8.96. The van der Waals surface area contributed by atoms with Gasteiger partial charge in [-0.05, 0) is 59.6 Å². The minimum Gasteiger partial charge on any atom is -0.460 e. The van der Waals surface area contributed by atoms with E-state index >= 15 is 0 Å². The third kappa shape index (κ3) is 6.91. The molecular formula is C18H26FNO3S. The van der Waals surface area contributed by atoms with Gasteiger partial charge in [-0.3, -0.25) is 4.79 Å². The molecule has 0 aliphatic rings. The fourth-order valence-electron chi connectivity index (χ4n) is 1.83. The number of hydrogen-bond acceptors (Lipinski definition) is 3. The number of benzene rings is 1. The number of rotatable bonds is 5. The summed E-state index contributed by atoms with van der Waals surface area (Å²) in [4.78, 5) is 11.8. The molecule has 0 saturated heterocycles. The van der Waals surface area contributed by atoms with Crippen LogP contribution in [0.25, 0.3) is 0 Å². The van der Waals surface area contributed by atoms with Crippen molar-refractivity contribution in [3.63, 3.8) is 0 Å². The predicted molar refractivity (Wildman–Crippen MR) is 96.1 cm³/mol. The molecule has 1 aromatic rings. The van der Waals surface area contributed by atoms with Gasteiger partial charge in [-0.1, -0.05) is 12.1 Å². The summed E-state index contributed by atoms with van der Waals surface area (Å²) in [5.41, 5.74) is 0.349. The molecule has 24 heavy (non-hydrogen) atoms. The Labute approximate surface area is 146 Å². The highest BCUT2D eigenvalue weighted by atomic mass is 32.2. The molecule has 1 rings (SSSR count). The van der Waals surface area contributed by atoms with Crippen LogP contribution >= 0.6 is 0 Å². The van der Waals surface area contributed by atoms with Crippen LogP contribution in [-0.2, 0) is 26.9 Å². The number of hydrogen-bond donors (Lipinski definition) is 0. The van der Waals surface area contributed by atoms with Crippen molar-refractivity contribution < 1.29 is 18.1 Å². The van der Waals surface area contributed by atoms with Crippen molar-refractivity contribution in [2.45, 2.75) is 64.7 Å². The lowest BCUT2D eigenvalue weighted by atomic mass is 10.0. The van der Waals surface area contributed by atoms with E-state index in [1.54, 1.807) is 53.7 Å². The first-order valence-electron chi connectivity index (χ1n) is 7.85. The smallest absolute Gasteiger partial charge is 0.306 e. The van der Waals surface area contributed by atoms with Crippen LogP contribution in [0.1, 0.15) is 59.1 Å². The normalized spacial score (nSPS) is 14.0. The fourth-order valence-corrected chi connectivity index (χ4v) is 2.35. The van der Waals surface area contributed by atoms with Crippen molar-refractivity contribution in [3.05, 3.63) is 35.1 Å². The van der Waals surface area contributed by atoms with Crippen LogP contribution < -0.4 is 0 Å². The second-order valence-corrected chi connectivity index (χ2v) is 9.43. The number of nitrogens with zero attached hydrogens (tertiary/aromatic N) is 1. The molecule has 1 aromatic carbocycles. The zero-order valence-corrected chi connectivity index (χ0v) is 16.0. The molecule has 0 fully saturated rings. The monoisotopic (exact) mass is 355 g/mol.